The molecular formula is C20H26OS4. The van der Waals surface area contributed by atoms with Crippen LogP contribution >= 0.6 is 47.0 Å². The Hall–Kier alpha value is -0.200. The highest BCUT2D eigenvalue weighted by Gasteiger charge is 1.96. The largest absolute Gasteiger partial charge is 0.380 e. The second-order valence-electron chi connectivity index (χ2n) is 5.16. The van der Waals surface area contributed by atoms with Gasteiger partial charge in [0.15, 0.2) is 0 Å². The molecule has 0 aliphatic rings. The summed E-state index contributed by atoms with van der Waals surface area (Å²) >= 11 is 7.83. The molecule has 2 aromatic carbocycles. The Morgan fingerprint density at radius 1 is 0.520 bits per heavy atom. The second-order valence-corrected chi connectivity index (χ2v) is 9.95. The molecule has 0 saturated carbocycles. The van der Waals surface area contributed by atoms with Gasteiger partial charge >= 0.3 is 0 Å². The molecule has 0 N–H and O–H groups in total. The van der Waals surface area contributed by atoms with Crippen molar-refractivity contribution in [2.45, 2.75) is 9.79 Å². The lowest BCUT2D eigenvalue weighted by Crippen LogP contribution is -2.03. The van der Waals surface area contributed by atoms with Crippen molar-refractivity contribution in [3.8, 4) is 0 Å². The van der Waals surface area contributed by atoms with E-state index in [9.17, 15) is 0 Å². The molecule has 0 unspecified atom stereocenters. The molecule has 0 amide bonds. The van der Waals surface area contributed by atoms with Gasteiger partial charge in [-0.2, -0.15) is 23.5 Å². The summed E-state index contributed by atoms with van der Waals surface area (Å²) in [4.78, 5) is 2.73. The van der Waals surface area contributed by atoms with Crippen molar-refractivity contribution in [1.82, 2.24) is 0 Å². The van der Waals surface area contributed by atoms with Crippen LogP contribution in [0.5, 0.6) is 0 Å². The maximum Gasteiger partial charge on any atom is 0.0557 e. The highest BCUT2D eigenvalue weighted by Crippen LogP contribution is 2.19. The smallest absolute Gasteiger partial charge is 0.0557 e. The van der Waals surface area contributed by atoms with E-state index in [1.165, 1.54) is 32.8 Å². The molecule has 136 valence electrons. The Balaban J connectivity index is 1.30. The first-order valence-corrected chi connectivity index (χ1v) is 12.8. The molecule has 5 heteroatoms. The third-order valence-electron chi connectivity index (χ3n) is 3.22. The summed E-state index contributed by atoms with van der Waals surface area (Å²) in [5, 5.41) is 0. The van der Waals surface area contributed by atoms with Gasteiger partial charge in [0, 0.05) is 44.3 Å². The molecule has 0 fully saturated rings. The topological polar surface area (TPSA) is 9.23 Å². The van der Waals surface area contributed by atoms with E-state index in [0.29, 0.717) is 0 Å². The highest BCUT2D eigenvalue weighted by atomic mass is 32.2. The highest BCUT2D eigenvalue weighted by molar-refractivity contribution is 8.03. The van der Waals surface area contributed by atoms with Crippen molar-refractivity contribution in [1.29, 1.82) is 0 Å². The van der Waals surface area contributed by atoms with Crippen LogP contribution in [0.3, 0.4) is 0 Å². The fourth-order valence-electron chi connectivity index (χ4n) is 2.01. The number of benzene rings is 2. The Labute approximate surface area is 169 Å². The van der Waals surface area contributed by atoms with Gasteiger partial charge in [0.25, 0.3) is 0 Å². The van der Waals surface area contributed by atoms with Crippen LogP contribution in [0.25, 0.3) is 0 Å². The molecule has 0 bridgehead atoms. The summed E-state index contributed by atoms with van der Waals surface area (Å²) < 4.78 is 5.71. The predicted octanol–water partition coefficient (Wildman–Crippen LogP) is 6.05. The summed E-state index contributed by atoms with van der Waals surface area (Å²) in [5.41, 5.74) is 0. The Bertz CT molecular complexity index is 486. The van der Waals surface area contributed by atoms with E-state index >= 15 is 0 Å². The molecule has 0 aromatic heterocycles. The van der Waals surface area contributed by atoms with Gasteiger partial charge in [0.2, 0.25) is 0 Å². The quantitative estimate of drug-likeness (QED) is 0.276. The van der Waals surface area contributed by atoms with Crippen molar-refractivity contribution in [3.05, 3.63) is 60.7 Å². The molecule has 0 radical (unpaired) electrons. The first kappa shape index (κ1) is 21.1. The summed E-state index contributed by atoms with van der Waals surface area (Å²) in [6.07, 6.45) is 0. The SMILES string of the molecule is c1ccc(SCCSCCOCCSCCSc2ccccc2)cc1. The molecule has 0 spiro atoms. The summed E-state index contributed by atoms with van der Waals surface area (Å²) in [5.74, 6) is 6.92. The zero-order valence-electron chi connectivity index (χ0n) is 14.5. The first-order valence-electron chi connectivity index (χ1n) is 8.54. The lowest BCUT2D eigenvalue weighted by atomic mass is 10.4. The van der Waals surface area contributed by atoms with E-state index in [4.69, 9.17) is 4.74 Å². The van der Waals surface area contributed by atoms with Gasteiger partial charge in [0.05, 0.1) is 13.2 Å². The third-order valence-corrected chi connectivity index (χ3v) is 7.66. The van der Waals surface area contributed by atoms with Crippen LogP contribution < -0.4 is 0 Å². The van der Waals surface area contributed by atoms with Gasteiger partial charge in [-0.15, -0.1) is 23.5 Å². The van der Waals surface area contributed by atoms with Crippen molar-refractivity contribution < 1.29 is 4.74 Å². The van der Waals surface area contributed by atoms with Crippen LogP contribution in [0, 0.1) is 0 Å². The van der Waals surface area contributed by atoms with Crippen LogP contribution in [-0.2, 0) is 4.74 Å². The standard InChI is InChI=1S/C20H26OS4/c1-3-7-19(8-4-1)24-17-15-22-13-11-21-12-14-23-16-18-25-20-9-5-2-6-10-20/h1-10H,11-18H2. The second kappa shape index (κ2) is 14.9. The molecule has 2 rings (SSSR count). The molecule has 1 nitrogen and oxygen atoms in total. The van der Waals surface area contributed by atoms with Crippen LogP contribution in [0.1, 0.15) is 0 Å². The number of rotatable bonds is 14. The summed E-state index contributed by atoms with van der Waals surface area (Å²) in [6.45, 7) is 1.75. The molecular weight excluding hydrogens is 384 g/mol. The monoisotopic (exact) mass is 410 g/mol. The molecule has 0 atom stereocenters. The Morgan fingerprint density at radius 2 is 0.960 bits per heavy atom. The maximum absolute atomic E-state index is 5.71. The molecule has 2 aromatic rings. The van der Waals surface area contributed by atoms with Crippen LogP contribution in [0.4, 0.5) is 0 Å². The lowest BCUT2D eigenvalue weighted by Gasteiger charge is -2.05. The maximum atomic E-state index is 5.71. The third kappa shape index (κ3) is 11.2. The van der Waals surface area contributed by atoms with Gasteiger partial charge in [-0.05, 0) is 24.3 Å². The lowest BCUT2D eigenvalue weighted by molar-refractivity contribution is 0.167. The zero-order valence-corrected chi connectivity index (χ0v) is 17.7. The minimum atomic E-state index is 0.875. The van der Waals surface area contributed by atoms with Crippen molar-refractivity contribution >= 4 is 47.0 Å². The number of ether oxygens (including phenoxy) is 1. The van der Waals surface area contributed by atoms with Gasteiger partial charge in [-0.25, -0.2) is 0 Å². The average molecular weight is 411 g/mol. The van der Waals surface area contributed by atoms with Crippen LogP contribution in [0.2, 0.25) is 0 Å². The summed E-state index contributed by atoms with van der Waals surface area (Å²) in [6, 6.07) is 21.2. The molecule has 0 saturated heterocycles. The van der Waals surface area contributed by atoms with Gasteiger partial charge in [-0.1, -0.05) is 36.4 Å². The van der Waals surface area contributed by atoms with E-state index in [2.05, 4.69) is 60.7 Å². The number of hydrogen-bond acceptors (Lipinski definition) is 5. The number of thioether (sulfide) groups is 4. The van der Waals surface area contributed by atoms with Crippen LogP contribution in [0.15, 0.2) is 70.5 Å². The van der Waals surface area contributed by atoms with E-state index in [1.54, 1.807) is 0 Å². The Morgan fingerprint density at radius 3 is 1.40 bits per heavy atom. The summed E-state index contributed by atoms with van der Waals surface area (Å²) in [7, 11) is 0. The molecule has 0 heterocycles. The first-order chi connectivity index (χ1) is 12.4. The van der Waals surface area contributed by atoms with Gasteiger partial charge < -0.3 is 4.74 Å². The van der Waals surface area contributed by atoms with Crippen molar-refractivity contribution in [3.63, 3.8) is 0 Å². The molecule has 0 aliphatic heterocycles. The molecule has 0 aliphatic carbocycles. The molecule has 25 heavy (non-hydrogen) atoms. The average Bonchev–Trinajstić information content (AvgIpc) is 2.67. The minimum absolute atomic E-state index is 0.875. The van der Waals surface area contributed by atoms with E-state index < -0.39 is 0 Å². The van der Waals surface area contributed by atoms with Gasteiger partial charge in [0.1, 0.15) is 0 Å². The van der Waals surface area contributed by atoms with E-state index in [-0.39, 0.29) is 0 Å². The van der Waals surface area contributed by atoms with E-state index in [0.717, 1.165) is 24.7 Å². The normalized spacial score (nSPS) is 10.9. The zero-order chi connectivity index (χ0) is 17.4. The fraction of sp³-hybridized carbons (Fsp3) is 0.400. The predicted molar refractivity (Wildman–Crippen MR) is 120 cm³/mol. The van der Waals surface area contributed by atoms with Gasteiger partial charge in [-0.3, -0.25) is 0 Å². The van der Waals surface area contributed by atoms with E-state index in [1.807, 2.05) is 47.0 Å². The van der Waals surface area contributed by atoms with Crippen LogP contribution in [-0.4, -0.2) is 47.7 Å². The van der Waals surface area contributed by atoms with Crippen molar-refractivity contribution in [2.24, 2.45) is 0 Å². The van der Waals surface area contributed by atoms with Crippen molar-refractivity contribution in [2.75, 3.05) is 47.7 Å². The minimum Gasteiger partial charge on any atom is -0.380 e. The fourth-order valence-corrected chi connectivity index (χ4v) is 5.67. The Kier molecular flexibility index (Phi) is 12.6. The number of hydrogen-bond donors (Lipinski definition) is 0.